The second kappa shape index (κ2) is 3.71. The molecule has 0 bridgehead atoms. The number of ether oxygens (including phenoxy) is 4. The fraction of sp³-hybridized carbons (Fsp3) is 0.400. The van der Waals surface area contributed by atoms with E-state index >= 15 is 0 Å². The van der Waals surface area contributed by atoms with Gasteiger partial charge in [-0.2, -0.15) is 0 Å². The molecule has 0 aromatic heterocycles. The molecule has 0 spiro atoms. The van der Waals surface area contributed by atoms with Crippen molar-refractivity contribution in [2.45, 2.75) is 6.10 Å². The highest BCUT2D eigenvalue weighted by molar-refractivity contribution is 9.10. The standard InChI is InChI=1S/C10H10BrNO4/c11-8-6(12)1-7-9(15-4-14-7)10(8)16-5-2-13-3-5/h1,5H,2-4,12H2. The zero-order valence-corrected chi connectivity index (χ0v) is 9.95. The molecule has 1 aromatic carbocycles. The van der Waals surface area contributed by atoms with Gasteiger partial charge in [0, 0.05) is 6.07 Å². The van der Waals surface area contributed by atoms with E-state index in [2.05, 4.69) is 15.9 Å². The Morgan fingerprint density at radius 3 is 2.88 bits per heavy atom. The van der Waals surface area contributed by atoms with E-state index in [0.29, 0.717) is 40.6 Å². The van der Waals surface area contributed by atoms with Crippen LogP contribution in [0.15, 0.2) is 10.5 Å². The van der Waals surface area contributed by atoms with Gasteiger partial charge in [-0.25, -0.2) is 0 Å². The Kier molecular flexibility index (Phi) is 2.33. The van der Waals surface area contributed by atoms with Gasteiger partial charge >= 0.3 is 0 Å². The molecule has 1 saturated heterocycles. The van der Waals surface area contributed by atoms with Gasteiger partial charge in [0.05, 0.1) is 23.4 Å². The molecule has 1 fully saturated rings. The van der Waals surface area contributed by atoms with Crippen LogP contribution in [-0.4, -0.2) is 26.1 Å². The molecule has 86 valence electrons. The summed E-state index contributed by atoms with van der Waals surface area (Å²) in [6.45, 7) is 1.39. The lowest BCUT2D eigenvalue weighted by Crippen LogP contribution is -2.38. The number of fused-ring (bicyclic) bond motifs is 1. The minimum atomic E-state index is 0.0615. The van der Waals surface area contributed by atoms with Crippen LogP contribution in [0.1, 0.15) is 0 Å². The largest absolute Gasteiger partial charge is 0.480 e. The van der Waals surface area contributed by atoms with Crippen molar-refractivity contribution in [3.8, 4) is 17.2 Å². The van der Waals surface area contributed by atoms with Crippen LogP contribution in [0.4, 0.5) is 5.69 Å². The highest BCUT2D eigenvalue weighted by atomic mass is 79.9. The maximum atomic E-state index is 5.84. The van der Waals surface area contributed by atoms with Gasteiger partial charge in [-0.1, -0.05) is 0 Å². The summed E-state index contributed by atoms with van der Waals surface area (Å²) in [5.74, 6) is 1.82. The Morgan fingerprint density at radius 2 is 2.19 bits per heavy atom. The normalized spacial score (nSPS) is 18.3. The van der Waals surface area contributed by atoms with Crippen LogP contribution in [0.3, 0.4) is 0 Å². The van der Waals surface area contributed by atoms with Crippen LogP contribution in [-0.2, 0) is 4.74 Å². The SMILES string of the molecule is Nc1cc2c(c(OC3COC3)c1Br)OCO2. The third-order valence-electron chi connectivity index (χ3n) is 2.48. The van der Waals surface area contributed by atoms with Gasteiger partial charge in [-0.15, -0.1) is 0 Å². The van der Waals surface area contributed by atoms with Crippen molar-refractivity contribution in [2.75, 3.05) is 25.7 Å². The highest BCUT2D eigenvalue weighted by Gasteiger charge is 2.28. The number of hydrogen-bond donors (Lipinski definition) is 1. The first-order chi connectivity index (χ1) is 7.75. The lowest BCUT2D eigenvalue weighted by atomic mass is 10.2. The molecule has 0 atom stereocenters. The second-order valence-electron chi connectivity index (χ2n) is 3.62. The summed E-state index contributed by atoms with van der Waals surface area (Å²) in [4.78, 5) is 0. The molecule has 5 nitrogen and oxygen atoms in total. The van der Waals surface area contributed by atoms with Crippen LogP contribution in [0, 0.1) is 0 Å². The van der Waals surface area contributed by atoms with Crippen LogP contribution < -0.4 is 19.9 Å². The van der Waals surface area contributed by atoms with E-state index in [9.17, 15) is 0 Å². The minimum absolute atomic E-state index is 0.0615. The number of halogens is 1. The molecule has 2 heterocycles. The number of hydrogen-bond acceptors (Lipinski definition) is 5. The Labute approximate surface area is 101 Å². The van der Waals surface area contributed by atoms with E-state index in [0.717, 1.165) is 0 Å². The molecule has 2 aliphatic rings. The monoisotopic (exact) mass is 287 g/mol. The summed E-state index contributed by atoms with van der Waals surface area (Å²) in [6.07, 6.45) is 0.0615. The Hall–Kier alpha value is -1.14. The van der Waals surface area contributed by atoms with Crippen molar-refractivity contribution in [1.82, 2.24) is 0 Å². The smallest absolute Gasteiger partial charge is 0.231 e. The Morgan fingerprint density at radius 1 is 1.38 bits per heavy atom. The van der Waals surface area contributed by atoms with E-state index in [1.807, 2.05) is 0 Å². The number of benzene rings is 1. The number of anilines is 1. The van der Waals surface area contributed by atoms with Gasteiger partial charge < -0.3 is 24.7 Å². The van der Waals surface area contributed by atoms with E-state index in [4.69, 9.17) is 24.7 Å². The lowest BCUT2D eigenvalue weighted by molar-refractivity contribution is -0.0806. The molecular weight excluding hydrogens is 278 g/mol. The van der Waals surface area contributed by atoms with Gasteiger partial charge in [0.15, 0.2) is 11.5 Å². The Balaban J connectivity index is 2.00. The molecule has 6 heteroatoms. The summed E-state index contributed by atoms with van der Waals surface area (Å²) in [7, 11) is 0. The maximum Gasteiger partial charge on any atom is 0.231 e. The summed E-state index contributed by atoms with van der Waals surface area (Å²) in [6, 6.07) is 1.72. The summed E-state index contributed by atoms with van der Waals surface area (Å²) >= 11 is 3.39. The van der Waals surface area contributed by atoms with Gasteiger partial charge in [-0.05, 0) is 15.9 Å². The molecule has 0 amide bonds. The van der Waals surface area contributed by atoms with Crippen LogP contribution in [0.5, 0.6) is 17.2 Å². The molecule has 2 aliphatic heterocycles. The molecule has 1 aromatic rings. The van der Waals surface area contributed by atoms with Gasteiger partial charge in [0.2, 0.25) is 12.5 Å². The molecule has 0 unspecified atom stereocenters. The summed E-state index contributed by atoms with van der Waals surface area (Å²) in [5, 5.41) is 0. The third-order valence-corrected chi connectivity index (χ3v) is 3.30. The zero-order chi connectivity index (χ0) is 11.1. The highest BCUT2D eigenvalue weighted by Crippen LogP contribution is 2.49. The van der Waals surface area contributed by atoms with Crippen LogP contribution in [0.2, 0.25) is 0 Å². The predicted octanol–water partition coefficient (Wildman–Crippen LogP) is 1.54. The molecule has 2 N–H and O–H groups in total. The number of nitrogen functional groups attached to an aromatic ring is 1. The molecule has 16 heavy (non-hydrogen) atoms. The fourth-order valence-electron chi connectivity index (χ4n) is 1.56. The van der Waals surface area contributed by atoms with E-state index < -0.39 is 0 Å². The zero-order valence-electron chi connectivity index (χ0n) is 8.36. The molecule has 0 saturated carbocycles. The topological polar surface area (TPSA) is 62.9 Å². The van der Waals surface area contributed by atoms with Crippen molar-refractivity contribution >= 4 is 21.6 Å². The lowest BCUT2D eigenvalue weighted by Gasteiger charge is -2.27. The van der Waals surface area contributed by atoms with Crippen LogP contribution >= 0.6 is 15.9 Å². The number of rotatable bonds is 2. The molecule has 0 radical (unpaired) electrons. The average Bonchev–Trinajstić information content (AvgIpc) is 2.63. The summed E-state index contributed by atoms with van der Waals surface area (Å²) < 4.78 is 22.1. The first kappa shape index (κ1) is 10.0. The average molecular weight is 288 g/mol. The maximum absolute atomic E-state index is 5.84. The third kappa shape index (κ3) is 1.49. The van der Waals surface area contributed by atoms with Crippen molar-refractivity contribution in [1.29, 1.82) is 0 Å². The van der Waals surface area contributed by atoms with Gasteiger partial charge in [0.25, 0.3) is 0 Å². The predicted molar refractivity (Wildman–Crippen MR) is 59.9 cm³/mol. The summed E-state index contributed by atoms with van der Waals surface area (Å²) in [5.41, 5.74) is 6.40. The molecule has 0 aliphatic carbocycles. The van der Waals surface area contributed by atoms with Gasteiger partial charge in [0.1, 0.15) is 6.10 Å². The van der Waals surface area contributed by atoms with E-state index in [1.54, 1.807) is 6.07 Å². The first-order valence-corrected chi connectivity index (χ1v) is 5.67. The fourth-order valence-corrected chi connectivity index (χ4v) is 1.95. The Bertz CT molecular complexity index is 433. The van der Waals surface area contributed by atoms with Crippen molar-refractivity contribution in [3.63, 3.8) is 0 Å². The second-order valence-corrected chi connectivity index (χ2v) is 4.41. The molecule has 3 rings (SSSR count). The van der Waals surface area contributed by atoms with E-state index in [1.165, 1.54) is 0 Å². The van der Waals surface area contributed by atoms with Gasteiger partial charge in [-0.3, -0.25) is 0 Å². The quantitative estimate of drug-likeness (QED) is 0.836. The van der Waals surface area contributed by atoms with Crippen molar-refractivity contribution < 1.29 is 18.9 Å². The van der Waals surface area contributed by atoms with E-state index in [-0.39, 0.29) is 12.9 Å². The van der Waals surface area contributed by atoms with Crippen molar-refractivity contribution in [2.24, 2.45) is 0 Å². The van der Waals surface area contributed by atoms with Crippen LogP contribution in [0.25, 0.3) is 0 Å². The molecular formula is C10H10BrNO4. The minimum Gasteiger partial charge on any atom is -0.480 e. The first-order valence-electron chi connectivity index (χ1n) is 4.87. The number of nitrogens with two attached hydrogens (primary N) is 1. The van der Waals surface area contributed by atoms with Crippen molar-refractivity contribution in [3.05, 3.63) is 10.5 Å².